The highest BCUT2D eigenvalue weighted by Gasteiger charge is 1.96. The topological polar surface area (TPSA) is 121 Å². The maximum atomic E-state index is 9.37. The molecule has 6 aromatic rings. The van der Waals surface area contributed by atoms with Gasteiger partial charge in [-0.2, -0.15) is 0 Å². The molecular weight excluding hydrogens is 487 g/mol. The molecule has 0 saturated carbocycles. The van der Waals surface area contributed by atoms with Gasteiger partial charge in [0.2, 0.25) is 0 Å². The lowest BCUT2D eigenvalue weighted by molar-refractivity contribution is 0.368. The summed E-state index contributed by atoms with van der Waals surface area (Å²) in [4.78, 5) is 21.7. The Morgan fingerprint density at radius 3 is 0.784 bits per heavy atom. The Balaban J connectivity index is 0.000000144. The molecule has 37 heavy (non-hydrogen) atoms. The van der Waals surface area contributed by atoms with E-state index in [-0.39, 0.29) is 0 Å². The van der Waals surface area contributed by atoms with Gasteiger partial charge in [0.15, 0.2) is 0 Å². The third-order valence-electron chi connectivity index (χ3n) is 5.30. The molecule has 0 saturated heterocycles. The minimum Gasteiger partial charge on any atom is -0.507 e. The first-order valence-electron chi connectivity index (χ1n) is 11.2. The fourth-order valence-electron chi connectivity index (χ4n) is 3.62. The van der Waals surface area contributed by atoms with E-state index in [4.69, 9.17) is 14.7 Å². The van der Waals surface area contributed by atoms with Gasteiger partial charge in [0.25, 0.3) is 0 Å². The monoisotopic (exact) mass is 514 g/mol. The lowest BCUT2D eigenvalue weighted by Crippen LogP contribution is -1.70. The zero-order valence-corrected chi connectivity index (χ0v) is 20.6. The Morgan fingerprint density at radius 2 is 0.541 bits per heavy atom. The Kier molecular flexibility index (Phi) is 10.2. The second-order valence-electron chi connectivity index (χ2n) is 7.76. The molecule has 0 amide bonds. The fraction of sp³-hybridized carbons (Fsp3) is 0. The largest absolute Gasteiger partial charge is 0.507 e. The van der Waals surface area contributed by atoms with Crippen LogP contribution in [0.2, 0.25) is 0 Å². The molecule has 0 aromatic heterocycles. The second-order valence-corrected chi connectivity index (χ2v) is 8.30. The summed E-state index contributed by atoms with van der Waals surface area (Å²) in [6, 6.07) is 39.9. The third kappa shape index (κ3) is 8.17. The summed E-state index contributed by atoms with van der Waals surface area (Å²) in [5.74, 6) is 1.05. The summed E-state index contributed by atoms with van der Waals surface area (Å²) >= 11 is 0. The smallest absolute Gasteiger partial charge is 0.324 e. The summed E-state index contributed by atoms with van der Waals surface area (Å²) in [6.07, 6.45) is 0. The van der Waals surface area contributed by atoms with Crippen molar-refractivity contribution in [3.05, 3.63) is 127 Å². The van der Waals surface area contributed by atoms with Gasteiger partial charge in [0, 0.05) is 16.2 Å². The lowest BCUT2D eigenvalue weighted by atomic mass is 10.1. The molecule has 0 aliphatic rings. The van der Waals surface area contributed by atoms with Crippen LogP contribution in [0.4, 0.5) is 0 Å². The summed E-state index contributed by atoms with van der Waals surface area (Å²) in [7, 11) is -2.62. The molecular formula is C30H27O6P. The number of benzene rings is 6. The van der Waals surface area contributed by atoms with Crippen LogP contribution in [-0.2, 0) is 0 Å². The van der Waals surface area contributed by atoms with E-state index in [0.29, 0.717) is 17.2 Å². The van der Waals surface area contributed by atoms with Gasteiger partial charge in [-0.1, -0.05) is 109 Å². The van der Waals surface area contributed by atoms with Crippen LogP contribution in [-0.4, -0.2) is 30.0 Å². The van der Waals surface area contributed by atoms with Gasteiger partial charge in [-0.3, -0.25) is 0 Å². The minimum atomic E-state index is -2.62. The maximum absolute atomic E-state index is 9.37. The van der Waals surface area contributed by atoms with E-state index in [2.05, 4.69) is 0 Å². The number of rotatable bonds is 0. The zero-order valence-electron chi connectivity index (χ0n) is 19.8. The van der Waals surface area contributed by atoms with Crippen LogP contribution in [0.3, 0.4) is 0 Å². The van der Waals surface area contributed by atoms with E-state index < -0.39 is 8.60 Å². The first kappa shape index (κ1) is 27.4. The predicted octanol–water partition coefficient (Wildman–Crippen LogP) is 6.83. The average molecular weight is 515 g/mol. The van der Waals surface area contributed by atoms with E-state index in [1.54, 1.807) is 18.2 Å². The van der Waals surface area contributed by atoms with Gasteiger partial charge >= 0.3 is 8.60 Å². The molecule has 0 aliphatic carbocycles. The van der Waals surface area contributed by atoms with Crippen molar-refractivity contribution in [2.45, 2.75) is 0 Å². The highest BCUT2D eigenvalue weighted by atomic mass is 31.2. The van der Waals surface area contributed by atoms with Crippen molar-refractivity contribution in [2.24, 2.45) is 0 Å². The van der Waals surface area contributed by atoms with Crippen LogP contribution in [0.1, 0.15) is 0 Å². The molecule has 0 heterocycles. The molecule has 6 N–H and O–H groups in total. The van der Waals surface area contributed by atoms with Crippen molar-refractivity contribution in [3.63, 3.8) is 0 Å². The lowest BCUT2D eigenvalue weighted by Gasteiger charge is -1.97. The summed E-state index contributed by atoms with van der Waals surface area (Å²) in [5.41, 5.74) is 0. The van der Waals surface area contributed by atoms with Crippen LogP contribution in [0.5, 0.6) is 17.2 Å². The number of phenols is 3. The summed E-state index contributed by atoms with van der Waals surface area (Å²) in [5, 5.41) is 34.1. The Morgan fingerprint density at radius 1 is 0.324 bits per heavy atom. The SMILES string of the molecule is OP(O)O.Oc1cccc2ccccc12.Oc1cccc2ccccc12.Oc1cccc2ccccc12. The third-order valence-corrected chi connectivity index (χ3v) is 5.30. The van der Waals surface area contributed by atoms with E-state index >= 15 is 0 Å². The van der Waals surface area contributed by atoms with Gasteiger partial charge in [0.05, 0.1) is 0 Å². The molecule has 0 fully saturated rings. The molecule has 7 heteroatoms. The molecule has 6 rings (SSSR count). The van der Waals surface area contributed by atoms with Gasteiger partial charge < -0.3 is 30.0 Å². The maximum Gasteiger partial charge on any atom is 0.324 e. The number of phenolic OH excluding ortho intramolecular Hbond substituents is 3. The molecule has 0 atom stereocenters. The van der Waals surface area contributed by atoms with Crippen molar-refractivity contribution >= 4 is 40.9 Å². The molecule has 0 bridgehead atoms. The highest BCUT2D eigenvalue weighted by Crippen LogP contribution is 2.24. The van der Waals surface area contributed by atoms with E-state index in [9.17, 15) is 15.3 Å². The summed E-state index contributed by atoms with van der Waals surface area (Å²) < 4.78 is 0. The Labute approximate surface area is 215 Å². The molecule has 0 aliphatic heterocycles. The van der Waals surface area contributed by atoms with Crippen molar-refractivity contribution in [1.29, 1.82) is 0 Å². The van der Waals surface area contributed by atoms with Crippen LogP contribution in [0, 0.1) is 0 Å². The average Bonchev–Trinajstić information content (AvgIpc) is 2.90. The van der Waals surface area contributed by atoms with Crippen molar-refractivity contribution in [3.8, 4) is 17.2 Å². The van der Waals surface area contributed by atoms with Crippen molar-refractivity contribution in [2.75, 3.05) is 0 Å². The number of aromatic hydroxyl groups is 3. The number of hydrogen-bond acceptors (Lipinski definition) is 6. The second kappa shape index (κ2) is 13.8. The number of fused-ring (bicyclic) bond motifs is 3. The molecule has 0 spiro atoms. The van der Waals surface area contributed by atoms with Crippen LogP contribution >= 0.6 is 8.60 Å². The Hall–Kier alpha value is -4.19. The van der Waals surface area contributed by atoms with Gasteiger partial charge in [-0.05, 0) is 34.4 Å². The molecule has 0 radical (unpaired) electrons. The fourth-order valence-corrected chi connectivity index (χ4v) is 3.62. The molecule has 6 nitrogen and oxygen atoms in total. The van der Waals surface area contributed by atoms with Gasteiger partial charge in [-0.15, -0.1) is 0 Å². The minimum absolute atomic E-state index is 0.350. The van der Waals surface area contributed by atoms with E-state index in [1.807, 2.05) is 109 Å². The zero-order chi connectivity index (χ0) is 26.6. The summed E-state index contributed by atoms with van der Waals surface area (Å²) in [6.45, 7) is 0. The van der Waals surface area contributed by atoms with E-state index in [1.165, 1.54) is 0 Å². The molecule has 188 valence electrons. The Bertz CT molecular complexity index is 1370. The normalized spacial score (nSPS) is 10.1. The molecule has 0 unspecified atom stereocenters. The predicted molar refractivity (Wildman–Crippen MR) is 150 cm³/mol. The van der Waals surface area contributed by atoms with Crippen LogP contribution < -0.4 is 0 Å². The number of hydrogen-bond donors (Lipinski definition) is 6. The van der Waals surface area contributed by atoms with Crippen molar-refractivity contribution in [1.82, 2.24) is 0 Å². The van der Waals surface area contributed by atoms with Crippen LogP contribution in [0.25, 0.3) is 32.3 Å². The van der Waals surface area contributed by atoms with Crippen LogP contribution in [0.15, 0.2) is 127 Å². The van der Waals surface area contributed by atoms with Crippen molar-refractivity contribution < 1.29 is 30.0 Å². The van der Waals surface area contributed by atoms with Gasteiger partial charge in [0.1, 0.15) is 17.2 Å². The first-order chi connectivity index (χ1) is 17.9. The standard InChI is InChI=1S/3C10H8O.H3O3P/c3*11-10-7-3-5-8-4-1-2-6-9(8)10;1-4(2)3/h3*1-7,11H;1-3H. The molecule has 6 aromatic carbocycles. The highest BCUT2D eigenvalue weighted by molar-refractivity contribution is 7.38. The quantitative estimate of drug-likeness (QED) is 0.124. The van der Waals surface area contributed by atoms with Gasteiger partial charge in [-0.25, -0.2) is 0 Å². The van der Waals surface area contributed by atoms with E-state index in [0.717, 1.165) is 32.3 Å². The first-order valence-corrected chi connectivity index (χ1v) is 12.4.